The number of aryl methyl sites for hydroxylation is 1. The van der Waals surface area contributed by atoms with Gasteiger partial charge in [-0.1, -0.05) is 42.5 Å². The second-order valence-corrected chi connectivity index (χ2v) is 10.3. The molecule has 0 fully saturated rings. The fourth-order valence-corrected chi connectivity index (χ4v) is 3.87. The molecule has 8 nitrogen and oxygen atoms in total. The van der Waals surface area contributed by atoms with E-state index >= 15 is 0 Å². The van der Waals surface area contributed by atoms with Crippen molar-refractivity contribution in [2.75, 3.05) is 7.05 Å². The minimum atomic E-state index is -0.540. The lowest BCUT2D eigenvalue weighted by Crippen LogP contribution is -2.32. The largest absolute Gasteiger partial charge is 0.459 e. The van der Waals surface area contributed by atoms with E-state index in [-0.39, 0.29) is 13.2 Å². The van der Waals surface area contributed by atoms with Crippen LogP contribution in [0, 0.1) is 6.92 Å². The SMILES string of the molecule is Cc1c(CN(C)C(=O)OCc2ccccc2)oc2ccc(Oc3ccc(CNC(=O)OC(C)(C)C)cc3)cc12. The highest BCUT2D eigenvalue weighted by atomic mass is 16.6. The number of benzene rings is 3. The molecular formula is C31H34N2O6. The lowest BCUT2D eigenvalue weighted by atomic mass is 10.1. The number of carbonyl (C=O) groups is 2. The standard InChI is InChI=1S/C31H34N2O6/c1-21-26-17-25(37-24-13-11-22(12-14-24)18-32-29(34)39-31(2,3)4)15-16-27(26)38-28(21)19-33(5)30(35)36-20-23-9-7-6-8-10-23/h6-17H,18-20H2,1-5H3,(H,32,34). The first kappa shape index (κ1) is 27.6. The molecule has 0 aliphatic heterocycles. The van der Waals surface area contributed by atoms with E-state index in [0.29, 0.717) is 29.4 Å². The lowest BCUT2D eigenvalue weighted by molar-refractivity contribution is 0.0523. The molecule has 0 spiro atoms. The summed E-state index contributed by atoms with van der Waals surface area (Å²) in [5.74, 6) is 2.01. The van der Waals surface area contributed by atoms with Crippen molar-refractivity contribution in [1.82, 2.24) is 10.2 Å². The lowest BCUT2D eigenvalue weighted by Gasteiger charge is -2.19. The molecule has 0 aliphatic rings. The van der Waals surface area contributed by atoms with Crippen molar-refractivity contribution >= 4 is 23.2 Å². The van der Waals surface area contributed by atoms with Gasteiger partial charge < -0.3 is 28.8 Å². The number of nitrogens with one attached hydrogen (secondary N) is 1. The van der Waals surface area contributed by atoms with Gasteiger partial charge in [-0.05, 0) is 69.2 Å². The smallest absolute Gasteiger partial charge is 0.410 e. The minimum absolute atomic E-state index is 0.213. The van der Waals surface area contributed by atoms with Crippen LogP contribution in [0.5, 0.6) is 11.5 Å². The highest BCUT2D eigenvalue weighted by molar-refractivity contribution is 5.83. The van der Waals surface area contributed by atoms with Gasteiger partial charge in [0.25, 0.3) is 0 Å². The maximum absolute atomic E-state index is 12.5. The molecule has 1 N–H and O–H groups in total. The average molecular weight is 531 g/mol. The van der Waals surface area contributed by atoms with Crippen molar-refractivity contribution in [1.29, 1.82) is 0 Å². The topological polar surface area (TPSA) is 90.2 Å². The Bertz CT molecular complexity index is 1420. The third-order valence-electron chi connectivity index (χ3n) is 5.90. The van der Waals surface area contributed by atoms with Gasteiger partial charge in [-0.25, -0.2) is 9.59 Å². The van der Waals surface area contributed by atoms with E-state index in [2.05, 4.69) is 5.32 Å². The average Bonchev–Trinajstić information content (AvgIpc) is 3.20. The second-order valence-electron chi connectivity index (χ2n) is 10.3. The summed E-state index contributed by atoms with van der Waals surface area (Å²) in [4.78, 5) is 25.8. The van der Waals surface area contributed by atoms with E-state index in [9.17, 15) is 9.59 Å². The fourth-order valence-electron chi connectivity index (χ4n) is 3.87. The molecule has 0 radical (unpaired) electrons. The number of nitrogens with zero attached hydrogens (tertiary/aromatic N) is 1. The Hall–Kier alpha value is -4.46. The van der Waals surface area contributed by atoms with Crippen LogP contribution in [0.15, 0.2) is 77.2 Å². The van der Waals surface area contributed by atoms with E-state index in [1.807, 2.05) is 100 Å². The molecule has 39 heavy (non-hydrogen) atoms. The maximum atomic E-state index is 12.5. The van der Waals surface area contributed by atoms with Gasteiger partial charge in [-0.2, -0.15) is 0 Å². The Morgan fingerprint density at radius 1 is 0.923 bits per heavy atom. The van der Waals surface area contributed by atoms with Crippen molar-refractivity contribution in [2.45, 2.75) is 53.0 Å². The third-order valence-corrected chi connectivity index (χ3v) is 5.90. The van der Waals surface area contributed by atoms with Gasteiger partial charge in [0.15, 0.2) is 0 Å². The molecule has 1 aromatic heterocycles. The number of furan rings is 1. The molecule has 0 atom stereocenters. The van der Waals surface area contributed by atoms with Crippen LogP contribution in [0.2, 0.25) is 0 Å². The number of alkyl carbamates (subject to hydrolysis) is 1. The molecule has 1 heterocycles. The summed E-state index contributed by atoms with van der Waals surface area (Å²) in [7, 11) is 1.68. The van der Waals surface area contributed by atoms with Gasteiger partial charge in [0.1, 0.15) is 35.1 Å². The molecule has 8 heteroatoms. The van der Waals surface area contributed by atoms with Crippen LogP contribution in [0.3, 0.4) is 0 Å². The summed E-state index contributed by atoms with van der Waals surface area (Å²) in [5.41, 5.74) is 2.96. The van der Waals surface area contributed by atoms with Gasteiger partial charge in [0.05, 0.1) is 6.54 Å². The second kappa shape index (κ2) is 11.9. The highest BCUT2D eigenvalue weighted by Gasteiger charge is 2.18. The Labute approximate surface area is 228 Å². The number of rotatable bonds is 8. The van der Waals surface area contributed by atoms with Crippen molar-refractivity contribution < 1.29 is 28.2 Å². The zero-order chi connectivity index (χ0) is 28.0. The fraction of sp³-hybridized carbons (Fsp3) is 0.290. The molecule has 4 rings (SSSR count). The maximum Gasteiger partial charge on any atom is 0.410 e. The molecule has 0 saturated heterocycles. The summed E-state index contributed by atoms with van der Waals surface area (Å²) in [6.07, 6.45) is -0.881. The van der Waals surface area contributed by atoms with Crippen LogP contribution in [-0.4, -0.2) is 29.7 Å². The van der Waals surface area contributed by atoms with Gasteiger partial charge in [0, 0.05) is 24.5 Å². The van der Waals surface area contributed by atoms with Crippen LogP contribution in [0.4, 0.5) is 9.59 Å². The Morgan fingerprint density at radius 2 is 1.62 bits per heavy atom. The summed E-state index contributed by atoms with van der Waals surface area (Å²) in [5, 5.41) is 3.65. The van der Waals surface area contributed by atoms with E-state index in [1.165, 1.54) is 4.90 Å². The third kappa shape index (κ3) is 7.77. The van der Waals surface area contributed by atoms with Crippen LogP contribution in [-0.2, 0) is 29.2 Å². The first-order chi connectivity index (χ1) is 18.6. The molecule has 0 unspecified atom stereocenters. The number of ether oxygens (including phenoxy) is 3. The quantitative estimate of drug-likeness (QED) is 0.257. The van der Waals surface area contributed by atoms with Gasteiger partial charge in [-0.15, -0.1) is 0 Å². The van der Waals surface area contributed by atoms with Crippen LogP contribution < -0.4 is 10.1 Å². The van der Waals surface area contributed by atoms with Crippen LogP contribution >= 0.6 is 0 Å². The predicted molar refractivity (Wildman–Crippen MR) is 149 cm³/mol. The summed E-state index contributed by atoms with van der Waals surface area (Å²) in [6.45, 7) is 8.28. The van der Waals surface area contributed by atoms with Gasteiger partial charge >= 0.3 is 12.2 Å². The molecular weight excluding hydrogens is 496 g/mol. The van der Waals surface area contributed by atoms with E-state index in [1.54, 1.807) is 7.05 Å². The minimum Gasteiger partial charge on any atom is -0.459 e. The molecule has 3 aromatic carbocycles. The Morgan fingerprint density at radius 3 is 2.31 bits per heavy atom. The normalized spacial score (nSPS) is 11.2. The molecule has 0 saturated carbocycles. The van der Waals surface area contributed by atoms with E-state index in [4.69, 9.17) is 18.6 Å². The predicted octanol–water partition coefficient (Wildman–Crippen LogP) is 7.33. The summed E-state index contributed by atoms with van der Waals surface area (Å²) in [6, 6.07) is 22.6. The number of hydrogen-bond acceptors (Lipinski definition) is 6. The number of fused-ring (bicyclic) bond motifs is 1. The molecule has 0 aliphatic carbocycles. The van der Waals surface area contributed by atoms with Crippen molar-refractivity contribution in [3.05, 3.63) is 95.2 Å². The van der Waals surface area contributed by atoms with Crippen molar-refractivity contribution in [2.24, 2.45) is 0 Å². The molecule has 0 bridgehead atoms. The zero-order valence-corrected chi connectivity index (χ0v) is 22.9. The number of hydrogen-bond donors (Lipinski definition) is 1. The number of amides is 2. The van der Waals surface area contributed by atoms with E-state index in [0.717, 1.165) is 22.1 Å². The molecule has 2 amide bonds. The monoisotopic (exact) mass is 530 g/mol. The summed E-state index contributed by atoms with van der Waals surface area (Å²) >= 11 is 0. The van der Waals surface area contributed by atoms with Crippen molar-refractivity contribution in [3.63, 3.8) is 0 Å². The van der Waals surface area contributed by atoms with Gasteiger partial charge in [-0.3, -0.25) is 0 Å². The van der Waals surface area contributed by atoms with Crippen molar-refractivity contribution in [3.8, 4) is 11.5 Å². The highest BCUT2D eigenvalue weighted by Crippen LogP contribution is 2.31. The zero-order valence-electron chi connectivity index (χ0n) is 22.9. The Kier molecular flexibility index (Phi) is 8.44. The first-order valence-corrected chi connectivity index (χ1v) is 12.7. The molecule has 4 aromatic rings. The van der Waals surface area contributed by atoms with Gasteiger partial charge in [0.2, 0.25) is 0 Å². The summed E-state index contributed by atoms with van der Waals surface area (Å²) < 4.78 is 22.8. The van der Waals surface area contributed by atoms with Crippen LogP contribution in [0.25, 0.3) is 11.0 Å². The Balaban J connectivity index is 1.35. The molecule has 204 valence electrons. The van der Waals surface area contributed by atoms with Crippen LogP contribution in [0.1, 0.15) is 43.2 Å². The number of carbonyl (C=O) groups excluding carboxylic acids is 2. The van der Waals surface area contributed by atoms with E-state index < -0.39 is 17.8 Å². The first-order valence-electron chi connectivity index (χ1n) is 12.7.